The van der Waals surface area contributed by atoms with E-state index in [0.717, 1.165) is 6.42 Å². The van der Waals surface area contributed by atoms with Gasteiger partial charge in [-0.05, 0) is 17.3 Å². The number of hydrogen-bond acceptors (Lipinski definition) is 0. The summed E-state index contributed by atoms with van der Waals surface area (Å²) in [4.78, 5) is 0. The Hall–Kier alpha value is -0.210. The van der Waals surface area contributed by atoms with Gasteiger partial charge in [0, 0.05) is 0 Å². The van der Waals surface area contributed by atoms with Crippen molar-refractivity contribution < 1.29 is 13.2 Å². The molecule has 0 radical (unpaired) electrons. The van der Waals surface area contributed by atoms with Gasteiger partial charge in [0.05, 0.1) is 5.92 Å². The number of rotatable bonds is 2. The molecule has 0 saturated heterocycles. The maximum Gasteiger partial charge on any atom is 0.392 e. The Labute approximate surface area is 77.5 Å². The molecule has 0 spiro atoms. The fourth-order valence-electron chi connectivity index (χ4n) is 2.72. The van der Waals surface area contributed by atoms with Gasteiger partial charge in [-0.25, -0.2) is 0 Å². The quantitative estimate of drug-likeness (QED) is 0.626. The fourth-order valence-corrected chi connectivity index (χ4v) is 2.72. The Morgan fingerprint density at radius 1 is 1.38 bits per heavy atom. The van der Waals surface area contributed by atoms with Gasteiger partial charge in [-0.1, -0.05) is 34.1 Å². The van der Waals surface area contributed by atoms with Crippen molar-refractivity contribution >= 4 is 0 Å². The Kier molecular flexibility index (Phi) is 2.42. The molecule has 1 rings (SSSR count). The summed E-state index contributed by atoms with van der Waals surface area (Å²) in [7, 11) is 0. The minimum Gasteiger partial charge on any atom is -0.171 e. The van der Waals surface area contributed by atoms with E-state index in [1.165, 1.54) is 6.92 Å². The molecule has 0 N–H and O–H groups in total. The van der Waals surface area contributed by atoms with E-state index in [1.807, 2.05) is 13.8 Å². The van der Waals surface area contributed by atoms with Crippen LogP contribution in [0.25, 0.3) is 0 Å². The molecule has 0 heterocycles. The zero-order valence-electron chi connectivity index (χ0n) is 8.57. The summed E-state index contributed by atoms with van der Waals surface area (Å²) in [6.45, 7) is 6.97. The SMILES string of the molecule is CCC1C(C)C1(C)C(C)C(F)(F)F. The van der Waals surface area contributed by atoms with Gasteiger partial charge in [-0.3, -0.25) is 0 Å². The summed E-state index contributed by atoms with van der Waals surface area (Å²) in [6, 6.07) is 0. The molecule has 1 aliphatic carbocycles. The zero-order valence-corrected chi connectivity index (χ0v) is 8.57. The summed E-state index contributed by atoms with van der Waals surface area (Å²) in [5, 5.41) is 0. The second kappa shape index (κ2) is 2.89. The predicted molar refractivity (Wildman–Crippen MR) is 46.3 cm³/mol. The van der Waals surface area contributed by atoms with E-state index in [1.54, 1.807) is 6.92 Å². The first-order valence-corrected chi connectivity index (χ1v) is 4.83. The van der Waals surface area contributed by atoms with Crippen LogP contribution in [0.2, 0.25) is 0 Å². The predicted octanol–water partition coefficient (Wildman–Crippen LogP) is 3.87. The lowest BCUT2D eigenvalue weighted by Gasteiger charge is -2.23. The van der Waals surface area contributed by atoms with Crippen LogP contribution in [-0.4, -0.2) is 6.18 Å². The molecule has 0 amide bonds. The number of alkyl halides is 3. The summed E-state index contributed by atoms with van der Waals surface area (Å²) in [5.41, 5.74) is -0.507. The Bertz CT molecular complexity index is 197. The van der Waals surface area contributed by atoms with Gasteiger partial charge in [-0.15, -0.1) is 0 Å². The van der Waals surface area contributed by atoms with Gasteiger partial charge in [0.25, 0.3) is 0 Å². The van der Waals surface area contributed by atoms with Gasteiger partial charge in [0.2, 0.25) is 0 Å². The highest BCUT2D eigenvalue weighted by molar-refractivity contribution is 5.08. The van der Waals surface area contributed by atoms with Crippen molar-refractivity contribution in [2.75, 3.05) is 0 Å². The first-order chi connectivity index (χ1) is 5.76. The van der Waals surface area contributed by atoms with Crippen LogP contribution in [0.5, 0.6) is 0 Å². The van der Waals surface area contributed by atoms with Crippen molar-refractivity contribution in [2.24, 2.45) is 23.2 Å². The van der Waals surface area contributed by atoms with E-state index in [9.17, 15) is 13.2 Å². The van der Waals surface area contributed by atoms with Crippen LogP contribution in [0, 0.1) is 23.2 Å². The van der Waals surface area contributed by atoms with Crippen molar-refractivity contribution in [3.8, 4) is 0 Å². The molecule has 0 aliphatic heterocycles. The molecule has 1 fully saturated rings. The second-order valence-corrected chi connectivity index (χ2v) is 4.43. The molecule has 4 atom stereocenters. The van der Waals surface area contributed by atoms with E-state index in [-0.39, 0.29) is 11.8 Å². The molecule has 0 aromatic carbocycles. The smallest absolute Gasteiger partial charge is 0.171 e. The van der Waals surface area contributed by atoms with Crippen molar-refractivity contribution in [3.05, 3.63) is 0 Å². The zero-order chi connectivity index (χ0) is 10.4. The summed E-state index contributed by atoms with van der Waals surface area (Å²) < 4.78 is 37.4. The third-order valence-electron chi connectivity index (χ3n) is 4.14. The number of halogens is 3. The lowest BCUT2D eigenvalue weighted by atomic mass is 9.88. The van der Waals surface area contributed by atoms with Crippen molar-refractivity contribution in [1.82, 2.24) is 0 Å². The van der Waals surface area contributed by atoms with Crippen LogP contribution in [0.4, 0.5) is 13.2 Å². The first-order valence-electron chi connectivity index (χ1n) is 4.83. The highest BCUT2D eigenvalue weighted by Crippen LogP contribution is 2.66. The number of hydrogen-bond donors (Lipinski definition) is 0. The molecular weight excluding hydrogens is 177 g/mol. The van der Waals surface area contributed by atoms with Gasteiger partial charge >= 0.3 is 6.18 Å². The van der Waals surface area contributed by atoms with Gasteiger partial charge in [0.15, 0.2) is 0 Å². The second-order valence-electron chi connectivity index (χ2n) is 4.43. The van der Waals surface area contributed by atoms with E-state index in [2.05, 4.69) is 0 Å². The van der Waals surface area contributed by atoms with Crippen LogP contribution in [-0.2, 0) is 0 Å². The minimum absolute atomic E-state index is 0.217. The fraction of sp³-hybridized carbons (Fsp3) is 1.00. The molecule has 1 saturated carbocycles. The van der Waals surface area contributed by atoms with Crippen LogP contribution in [0.1, 0.15) is 34.1 Å². The Balaban J connectivity index is 2.74. The molecule has 0 aromatic rings. The van der Waals surface area contributed by atoms with Gasteiger partial charge in [-0.2, -0.15) is 13.2 Å². The molecule has 0 nitrogen and oxygen atoms in total. The van der Waals surface area contributed by atoms with E-state index < -0.39 is 17.5 Å². The third-order valence-corrected chi connectivity index (χ3v) is 4.14. The van der Waals surface area contributed by atoms with Crippen molar-refractivity contribution in [3.63, 3.8) is 0 Å². The molecule has 0 aromatic heterocycles. The summed E-state index contributed by atoms with van der Waals surface area (Å²) >= 11 is 0. The van der Waals surface area contributed by atoms with Crippen LogP contribution in [0.3, 0.4) is 0 Å². The maximum absolute atomic E-state index is 12.5. The highest BCUT2D eigenvalue weighted by Gasteiger charge is 2.65. The monoisotopic (exact) mass is 194 g/mol. The van der Waals surface area contributed by atoms with Gasteiger partial charge < -0.3 is 0 Å². The van der Waals surface area contributed by atoms with Crippen LogP contribution >= 0.6 is 0 Å². The van der Waals surface area contributed by atoms with E-state index in [4.69, 9.17) is 0 Å². The first kappa shape index (κ1) is 10.9. The van der Waals surface area contributed by atoms with Crippen LogP contribution in [0.15, 0.2) is 0 Å². The Morgan fingerprint density at radius 2 is 1.85 bits per heavy atom. The van der Waals surface area contributed by atoms with Gasteiger partial charge in [0.1, 0.15) is 0 Å². The minimum atomic E-state index is -4.03. The third kappa shape index (κ3) is 1.46. The summed E-state index contributed by atoms with van der Waals surface area (Å²) in [5.74, 6) is -0.696. The molecule has 13 heavy (non-hydrogen) atoms. The molecule has 1 aliphatic rings. The molecule has 78 valence electrons. The van der Waals surface area contributed by atoms with Crippen LogP contribution < -0.4 is 0 Å². The van der Waals surface area contributed by atoms with Crippen molar-refractivity contribution in [1.29, 1.82) is 0 Å². The molecule has 0 bridgehead atoms. The summed E-state index contributed by atoms with van der Waals surface area (Å²) in [6.07, 6.45) is -3.18. The maximum atomic E-state index is 12.5. The lowest BCUT2D eigenvalue weighted by molar-refractivity contribution is -0.188. The average molecular weight is 194 g/mol. The van der Waals surface area contributed by atoms with E-state index in [0.29, 0.717) is 0 Å². The molecular formula is C10H17F3. The molecule has 4 unspecified atom stereocenters. The average Bonchev–Trinajstić information content (AvgIpc) is 2.52. The highest BCUT2D eigenvalue weighted by atomic mass is 19.4. The molecule has 3 heteroatoms. The lowest BCUT2D eigenvalue weighted by Crippen LogP contribution is -2.29. The normalized spacial score (nSPS) is 41.8. The van der Waals surface area contributed by atoms with Crippen molar-refractivity contribution in [2.45, 2.75) is 40.3 Å². The largest absolute Gasteiger partial charge is 0.392 e. The Morgan fingerprint density at radius 3 is 2.08 bits per heavy atom. The standard InChI is InChI=1S/C10H17F3/c1-5-8-6(2)9(8,4)7(3)10(11,12)13/h6-8H,5H2,1-4H3. The van der Waals surface area contributed by atoms with E-state index >= 15 is 0 Å². The topological polar surface area (TPSA) is 0 Å².